The standard InChI is InChI=1S/C21H26N6O3/c1-3-17-16(20(29)22-10-14-7-5-4-6-8-14)9-15-11-26(12-18(28)27(15)17)21(30)19-13(2)23-25-24-19/h4-8,15-17H,3,9-12H2,1-2H3,(H,22,29)(H,23,24,25)/t15-,16+,17-/m1/s1. The number of H-pyrrole nitrogens is 1. The molecule has 2 saturated heterocycles. The summed E-state index contributed by atoms with van der Waals surface area (Å²) in [5.74, 6) is -0.750. The Balaban J connectivity index is 1.45. The maximum atomic E-state index is 12.9. The zero-order valence-corrected chi connectivity index (χ0v) is 17.2. The van der Waals surface area contributed by atoms with Crippen molar-refractivity contribution in [2.45, 2.75) is 45.3 Å². The molecule has 1 aromatic carbocycles. The summed E-state index contributed by atoms with van der Waals surface area (Å²) in [5.41, 5.74) is 1.77. The van der Waals surface area contributed by atoms with E-state index < -0.39 is 0 Å². The van der Waals surface area contributed by atoms with Gasteiger partial charge in [-0.05, 0) is 25.3 Å². The highest BCUT2D eigenvalue weighted by Crippen LogP contribution is 2.35. The Morgan fingerprint density at radius 1 is 1.23 bits per heavy atom. The van der Waals surface area contributed by atoms with Crippen molar-refractivity contribution in [2.24, 2.45) is 5.92 Å². The smallest absolute Gasteiger partial charge is 0.276 e. The van der Waals surface area contributed by atoms with Crippen LogP contribution in [0.25, 0.3) is 0 Å². The minimum atomic E-state index is -0.306. The van der Waals surface area contributed by atoms with E-state index in [0.717, 1.165) is 5.56 Å². The molecule has 158 valence electrons. The lowest BCUT2D eigenvalue weighted by atomic mass is 9.96. The number of benzene rings is 1. The van der Waals surface area contributed by atoms with Gasteiger partial charge in [-0.25, -0.2) is 0 Å². The predicted octanol–water partition coefficient (Wildman–Crippen LogP) is 0.881. The Kier molecular flexibility index (Phi) is 5.52. The van der Waals surface area contributed by atoms with Crippen molar-refractivity contribution in [2.75, 3.05) is 13.1 Å². The third kappa shape index (κ3) is 3.67. The highest BCUT2D eigenvalue weighted by molar-refractivity contribution is 5.96. The number of aromatic amines is 1. The molecule has 0 bridgehead atoms. The summed E-state index contributed by atoms with van der Waals surface area (Å²) in [6, 6.07) is 9.43. The summed E-state index contributed by atoms with van der Waals surface area (Å²) in [7, 11) is 0. The molecule has 0 aliphatic carbocycles. The number of carbonyl (C=O) groups excluding carboxylic acids is 3. The van der Waals surface area contributed by atoms with Crippen LogP contribution in [0.15, 0.2) is 30.3 Å². The van der Waals surface area contributed by atoms with Crippen LogP contribution >= 0.6 is 0 Å². The number of carbonyl (C=O) groups is 3. The highest BCUT2D eigenvalue weighted by atomic mass is 16.2. The first-order valence-electron chi connectivity index (χ1n) is 10.3. The zero-order valence-electron chi connectivity index (χ0n) is 17.2. The van der Waals surface area contributed by atoms with Crippen molar-refractivity contribution in [1.29, 1.82) is 0 Å². The van der Waals surface area contributed by atoms with Gasteiger partial charge >= 0.3 is 0 Å². The largest absolute Gasteiger partial charge is 0.352 e. The molecule has 0 spiro atoms. The van der Waals surface area contributed by atoms with Crippen LogP contribution in [-0.4, -0.2) is 68.1 Å². The lowest BCUT2D eigenvalue weighted by Crippen LogP contribution is -2.57. The van der Waals surface area contributed by atoms with Gasteiger partial charge in [0.05, 0.1) is 17.7 Å². The number of rotatable bonds is 5. The van der Waals surface area contributed by atoms with Crippen LogP contribution in [0.1, 0.15) is 41.5 Å². The summed E-state index contributed by atoms with van der Waals surface area (Å²) in [6.07, 6.45) is 1.24. The van der Waals surface area contributed by atoms with Crippen LogP contribution in [0.4, 0.5) is 0 Å². The van der Waals surface area contributed by atoms with Crippen molar-refractivity contribution < 1.29 is 14.4 Å². The maximum absolute atomic E-state index is 12.9. The van der Waals surface area contributed by atoms with Gasteiger partial charge in [0.2, 0.25) is 11.8 Å². The molecule has 2 fully saturated rings. The zero-order chi connectivity index (χ0) is 21.3. The molecular formula is C21H26N6O3. The number of nitrogens with zero attached hydrogens (tertiary/aromatic N) is 4. The van der Waals surface area contributed by atoms with E-state index in [1.807, 2.05) is 42.2 Å². The summed E-state index contributed by atoms with van der Waals surface area (Å²) in [6.45, 7) is 4.55. The van der Waals surface area contributed by atoms with Gasteiger partial charge in [0.15, 0.2) is 5.69 Å². The molecule has 0 radical (unpaired) electrons. The second kappa shape index (κ2) is 8.25. The average molecular weight is 410 g/mol. The van der Waals surface area contributed by atoms with Crippen LogP contribution < -0.4 is 5.32 Å². The molecule has 3 heterocycles. The molecule has 0 unspecified atom stereocenters. The van der Waals surface area contributed by atoms with Gasteiger partial charge in [-0.2, -0.15) is 15.4 Å². The molecule has 30 heavy (non-hydrogen) atoms. The number of piperazine rings is 1. The van der Waals surface area contributed by atoms with E-state index in [0.29, 0.717) is 31.6 Å². The van der Waals surface area contributed by atoms with E-state index in [2.05, 4.69) is 20.7 Å². The minimum Gasteiger partial charge on any atom is -0.352 e. The summed E-state index contributed by atoms with van der Waals surface area (Å²) in [4.78, 5) is 42.0. The van der Waals surface area contributed by atoms with Gasteiger partial charge in [-0.1, -0.05) is 37.3 Å². The molecule has 2 aliphatic heterocycles. The molecule has 3 atom stereocenters. The molecule has 3 amide bonds. The van der Waals surface area contributed by atoms with Gasteiger partial charge in [-0.3, -0.25) is 14.4 Å². The second-order valence-corrected chi connectivity index (χ2v) is 7.92. The fourth-order valence-corrected chi connectivity index (χ4v) is 4.61. The topological polar surface area (TPSA) is 111 Å². The number of amides is 3. The SMILES string of the molecule is CC[C@@H]1[C@@H](C(=O)NCc2ccccc2)C[C@@H]2CN(C(=O)c3n[nH]nc3C)CC(=O)N21. The molecule has 2 N–H and O–H groups in total. The van der Waals surface area contributed by atoms with Crippen molar-refractivity contribution in [3.63, 3.8) is 0 Å². The molecule has 0 saturated carbocycles. The first kappa shape index (κ1) is 20.1. The number of hydrogen-bond donors (Lipinski definition) is 2. The van der Waals surface area contributed by atoms with E-state index >= 15 is 0 Å². The number of hydrogen-bond acceptors (Lipinski definition) is 5. The number of nitrogens with one attached hydrogen (secondary N) is 2. The lowest BCUT2D eigenvalue weighted by molar-refractivity contribution is -0.139. The van der Waals surface area contributed by atoms with Crippen LogP contribution in [0, 0.1) is 12.8 Å². The van der Waals surface area contributed by atoms with E-state index in [1.165, 1.54) is 4.90 Å². The second-order valence-electron chi connectivity index (χ2n) is 7.92. The van der Waals surface area contributed by atoms with E-state index in [-0.39, 0.29) is 48.0 Å². The van der Waals surface area contributed by atoms with Gasteiger partial charge in [0.1, 0.15) is 6.54 Å². The first-order chi connectivity index (χ1) is 14.5. The summed E-state index contributed by atoms with van der Waals surface area (Å²) in [5, 5.41) is 13.3. The monoisotopic (exact) mass is 410 g/mol. The van der Waals surface area contributed by atoms with E-state index in [1.54, 1.807) is 6.92 Å². The summed E-state index contributed by atoms with van der Waals surface area (Å²) < 4.78 is 0. The quantitative estimate of drug-likeness (QED) is 0.760. The van der Waals surface area contributed by atoms with Crippen LogP contribution in [-0.2, 0) is 16.1 Å². The average Bonchev–Trinajstić information content (AvgIpc) is 3.35. The molecule has 1 aromatic heterocycles. The summed E-state index contributed by atoms with van der Waals surface area (Å²) >= 11 is 0. The maximum Gasteiger partial charge on any atom is 0.276 e. The van der Waals surface area contributed by atoms with Crippen molar-refractivity contribution in [3.8, 4) is 0 Å². The minimum absolute atomic E-state index is 0.00348. The van der Waals surface area contributed by atoms with Crippen molar-refractivity contribution in [1.82, 2.24) is 30.5 Å². The lowest BCUT2D eigenvalue weighted by Gasteiger charge is -2.39. The van der Waals surface area contributed by atoms with Crippen LogP contribution in [0.5, 0.6) is 0 Å². The Morgan fingerprint density at radius 3 is 2.67 bits per heavy atom. The van der Waals surface area contributed by atoms with Crippen molar-refractivity contribution >= 4 is 17.7 Å². The Morgan fingerprint density at radius 2 is 2.00 bits per heavy atom. The van der Waals surface area contributed by atoms with Gasteiger partial charge in [0, 0.05) is 19.1 Å². The van der Waals surface area contributed by atoms with Gasteiger partial charge < -0.3 is 15.1 Å². The molecule has 2 aliphatic rings. The normalized spacial score (nSPS) is 23.4. The van der Waals surface area contributed by atoms with E-state index in [4.69, 9.17) is 0 Å². The third-order valence-electron chi connectivity index (χ3n) is 6.06. The Hall–Kier alpha value is -3.23. The third-order valence-corrected chi connectivity index (χ3v) is 6.06. The number of aryl methyl sites for hydroxylation is 1. The molecular weight excluding hydrogens is 384 g/mol. The fourth-order valence-electron chi connectivity index (χ4n) is 4.61. The number of fused-ring (bicyclic) bond motifs is 1. The van der Waals surface area contributed by atoms with Gasteiger partial charge in [-0.15, -0.1) is 0 Å². The highest BCUT2D eigenvalue weighted by Gasteiger charge is 2.49. The molecule has 2 aromatic rings. The van der Waals surface area contributed by atoms with E-state index in [9.17, 15) is 14.4 Å². The molecule has 9 heteroatoms. The molecule has 4 rings (SSSR count). The first-order valence-corrected chi connectivity index (χ1v) is 10.3. The predicted molar refractivity (Wildman–Crippen MR) is 108 cm³/mol. The number of aromatic nitrogens is 3. The van der Waals surface area contributed by atoms with Crippen LogP contribution in [0.2, 0.25) is 0 Å². The van der Waals surface area contributed by atoms with Gasteiger partial charge in [0.25, 0.3) is 5.91 Å². The fraction of sp³-hybridized carbons (Fsp3) is 0.476. The molecule has 9 nitrogen and oxygen atoms in total. The Bertz CT molecular complexity index is 943. The van der Waals surface area contributed by atoms with Crippen LogP contribution in [0.3, 0.4) is 0 Å². The van der Waals surface area contributed by atoms with Crippen molar-refractivity contribution in [3.05, 3.63) is 47.3 Å². The Labute approximate surface area is 174 Å².